The van der Waals surface area contributed by atoms with Crippen molar-refractivity contribution in [3.8, 4) is 17.4 Å². The van der Waals surface area contributed by atoms with Gasteiger partial charge in [-0.25, -0.2) is 9.97 Å². The summed E-state index contributed by atoms with van der Waals surface area (Å²) in [7, 11) is 0.714. The van der Waals surface area contributed by atoms with Gasteiger partial charge in [0.15, 0.2) is 18.2 Å². The third kappa shape index (κ3) is 5.22. The number of hydrogen-bond donors (Lipinski definition) is 1. The predicted octanol–water partition coefficient (Wildman–Crippen LogP) is 3.61. The summed E-state index contributed by atoms with van der Waals surface area (Å²) in [5, 5.41) is 2.94. The lowest BCUT2D eigenvalue weighted by atomic mass is 10.1. The summed E-state index contributed by atoms with van der Waals surface area (Å²) in [5.74, 6) is 0.286. The molecule has 13 heteroatoms. The molecule has 1 aliphatic heterocycles. The van der Waals surface area contributed by atoms with E-state index in [0.717, 1.165) is 0 Å². The van der Waals surface area contributed by atoms with Crippen LogP contribution in [0.5, 0.6) is 17.4 Å². The van der Waals surface area contributed by atoms with Gasteiger partial charge in [0, 0.05) is 47.7 Å². The molecule has 0 aliphatic carbocycles. The molecular weight excluding hydrogens is 485 g/mol. The van der Waals surface area contributed by atoms with Crippen molar-refractivity contribution in [2.75, 3.05) is 18.1 Å². The van der Waals surface area contributed by atoms with Crippen LogP contribution in [0, 0.1) is 0 Å². The number of carbonyl (C=O) groups excluding carboxylic acids is 1. The largest absolute Gasteiger partial charge is 0.478 e. The van der Waals surface area contributed by atoms with Crippen molar-refractivity contribution in [3.05, 3.63) is 41.3 Å². The lowest BCUT2D eigenvalue weighted by Crippen LogP contribution is -2.61. The average Bonchev–Trinajstić information content (AvgIpc) is 3.03. The summed E-state index contributed by atoms with van der Waals surface area (Å²) in [5.41, 5.74) is 0.517. The van der Waals surface area contributed by atoms with Gasteiger partial charge in [0.2, 0.25) is 0 Å². The second-order valence-electron chi connectivity index (χ2n) is 7.85. The fourth-order valence-corrected chi connectivity index (χ4v) is 5.00. The molecule has 0 saturated carbocycles. The fourth-order valence-electron chi connectivity index (χ4n) is 3.37. The Morgan fingerprint density at radius 1 is 1.33 bits per heavy atom. The number of rotatable bonds is 6. The van der Waals surface area contributed by atoms with Crippen molar-refractivity contribution in [2.45, 2.75) is 18.6 Å². The number of pyridine rings is 1. The molecule has 8 nitrogen and oxygen atoms in total. The lowest BCUT2D eigenvalue weighted by molar-refractivity contribution is -0.153. The van der Waals surface area contributed by atoms with Gasteiger partial charge in [-0.1, -0.05) is 11.6 Å². The summed E-state index contributed by atoms with van der Waals surface area (Å²) >= 11 is 5.82. The third-order valence-corrected chi connectivity index (χ3v) is 6.95. The molecule has 0 atom stereocenters. The van der Waals surface area contributed by atoms with E-state index in [4.69, 9.17) is 21.1 Å². The Morgan fingerprint density at radius 2 is 2.06 bits per heavy atom. The highest BCUT2D eigenvalue weighted by Gasteiger charge is 2.40. The van der Waals surface area contributed by atoms with E-state index in [1.807, 2.05) is 6.92 Å². The minimum absolute atomic E-state index is 0.0845. The van der Waals surface area contributed by atoms with E-state index in [1.165, 1.54) is 18.3 Å². The smallest absolute Gasteiger partial charge is 0.422 e. The maximum atomic E-state index is 12.7. The van der Waals surface area contributed by atoms with Crippen LogP contribution in [0.4, 0.5) is 13.2 Å². The minimum Gasteiger partial charge on any atom is -0.478 e. The van der Waals surface area contributed by atoms with Gasteiger partial charge in [0.05, 0.1) is 21.6 Å². The highest BCUT2D eigenvalue weighted by molar-refractivity contribution is 7.86. The van der Waals surface area contributed by atoms with Gasteiger partial charge in [-0.15, -0.1) is 0 Å². The zero-order valence-corrected chi connectivity index (χ0v) is 19.0. The molecule has 1 fully saturated rings. The van der Waals surface area contributed by atoms with E-state index in [2.05, 4.69) is 15.3 Å². The number of ether oxygens (including phenoxy) is 2. The molecule has 1 amide bonds. The van der Waals surface area contributed by atoms with Crippen LogP contribution in [0.25, 0.3) is 11.0 Å². The normalized spacial score (nSPS) is 20.4. The summed E-state index contributed by atoms with van der Waals surface area (Å²) in [4.78, 5) is 21.0. The van der Waals surface area contributed by atoms with E-state index in [1.54, 1.807) is 23.7 Å². The van der Waals surface area contributed by atoms with Crippen LogP contribution in [0.2, 0.25) is 5.02 Å². The molecule has 1 N–H and O–H groups in total. The van der Waals surface area contributed by atoms with E-state index in [0.29, 0.717) is 22.5 Å². The van der Waals surface area contributed by atoms with E-state index < -0.39 is 35.0 Å². The topological polar surface area (TPSA) is 95.3 Å². The molecular formula is C20H18ClF3N4O4S. The molecule has 3 aromatic rings. The van der Waals surface area contributed by atoms with E-state index in [9.17, 15) is 22.2 Å². The highest BCUT2D eigenvalue weighted by atomic mass is 35.5. The van der Waals surface area contributed by atoms with Gasteiger partial charge in [0.25, 0.3) is 11.8 Å². The Bertz CT molecular complexity index is 1260. The number of halogens is 4. The Hall–Kier alpha value is -2.86. The Kier molecular flexibility index (Phi) is 5.99. The average molecular weight is 503 g/mol. The van der Waals surface area contributed by atoms with Crippen molar-refractivity contribution >= 4 is 39.3 Å². The molecule has 176 valence electrons. The van der Waals surface area contributed by atoms with Gasteiger partial charge in [-0.05, 0) is 19.1 Å². The molecule has 0 radical (unpaired) electrons. The lowest BCUT2D eigenvalue weighted by Gasteiger charge is -2.37. The van der Waals surface area contributed by atoms with Crippen LogP contribution in [-0.4, -0.2) is 54.5 Å². The number of nitrogens with zero attached hydrogens (tertiary/aromatic N) is 3. The van der Waals surface area contributed by atoms with Crippen LogP contribution in [0.3, 0.4) is 0 Å². The third-order valence-electron chi connectivity index (χ3n) is 4.82. The van der Waals surface area contributed by atoms with E-state index >= 15 is 0 Å². The molecule has 1 aromatic carbocycles. The second kappa shape index (κ2) is 8.49. The fraction of sp³-hybridized carbons (Fsp3) is 0.350. The van der Waals surface area contributed by atoms with Crippen molar-refractivity contribution in [2.24, 2.45) is 7.05 Å². The molecule has 4 rings (SSSR count). The van der Waals surface area contributed by atoms with Gasteiger partial charge in [-0.2, -0.15) is 13.2 Å². The zero-order chi connectivity index (χ0) is 24.0. The van der Waals surface area contributed by atoms with Gasteiger partial charge in [-0.3, -0.25) is 9.00 Å². The number of carbonyl (C=O) groups is 1. The van der Waals surface area contributed by atoms with Crippen molar-refractivity contribution in [1.29, 1.82) is 0 Å². The number of aryl methyl sites for hydroxylation is 1. The Labute approximate surface area is 193 Å². The second-order valence-corrected chi connectivity index (χ2v) is 9.74. The summed E-state index contributed by atoms with van der Waals surface area (Å²) < 4.78 is 61.1. The molecule has 0 spiro atoms. The summed E-state index contributed by atoms with van der Waals surface area (Å²) in [6.45, 7) is 0.287. The van der Waals surface area contributed by atoms with Crippen molar-refractivity contribution in [3.63, 3.8) is 0 Å². The first kappa shape index (κ1) is 23.3. The summed E-state index contributed by atoms with van der Waals surface area (Å²) in [6, 6.07) is 5.89. The first-order valence-corrected chi connectivity index (χ1v) is 11.5. The van der Waals surface area contributed by atoms with Crippen LogP contribution >= 0.6 is 11.6 Å². The highest BCUT2D eigenvalue weighted by Crippen LogP contribution is 2.34. The van der Waals surface area contributed by atoms with Gasteiger partial charge < -0.3 is 19.4 Å². The first-order valence-electron chi connectivity index (χ1n) is 9.59. The van der Waals surface area contributed by atoms with Crippen LogP contribution in [0.15, 0.2) is 30.5 Å². The van der Waals surface area contributed by atoms with Crippen LogP contribution < -0.4 is 14.8 Å². The number of fused-ring (bicyclic) bond motifs is 1. The Balaban J connectivity index is 1.57. The van der Waals surface area contributed by atoms with Crippen molar-refractivity contribution in [1.82, 2.24) is 19.9 Å². The number of nitrogens with one attached hydrogen (secondary N) is 1. The monoisotopic (exact) mass is 502 g/mol. The van der Waals surface area contributed by atoms with Crippen molar-refractivity contribution < 1.29 is 31.6 Å². The number of amides is 1. The summed E-state index contributed by atoms with van der Waals surface area (Å²) in [6.07, 6.45) is -3.33. The van der Waals surface area contributed by atoms with Crippen LogP contribution in [-0.2, 0) is 17.8 Å². The number of benzene rings is 1. The van der Waals surface area contributed by atoms with Gasteiger partial charge in [0.1, 0.15) is 5.75 Å². The van der Waals surface area contributed by atoms with E-state index in [-0.39, 0.29) is 28.2 Å². The molecule has 3 heterocycles. The predicted molar refractivity (Wildman–Crippen MR) is 115 cm³/mol. The number of imidazole rings is 1. The molecule has 1 saturated heterocycles. The molecule has 33 heavy (non-hydrogen) atoms. The number of aromatic nitrogens is 3. The number of hydrogen-bond acceptors (Lipinski definition) is 6. The molecule has 0 bridgehead atoms. The van der Waals surface area contributed by atoms with Crippen LogP contribution in [0.1, 0.15) is 17.5 Å². The molecule has 2 aromatic heterocycles. The maximum absolute atomic E-state index is 12.7. The zero-order valence-electron chi connectivity index (χ0n) is 17.4. The molecule has 1 aliphatic rings. The quantitative estimate of drug-likeness (QED) is 0.553. The standard InChI is InChI=1S/C20H18ClF3N4O4S/c1-19(9-33(30)10-19)27-17(29)16-26-13-4-3-12(6-14(13)28(16)2)32-18-15(5-11(21)7-25-18)31-8-20(22,23)24/h3-7H,8-10H2,1-2H3,(H,27,29). The molecule has 0 unspecified atom stereocenters. The number of alkyl halides is 3. The SMILES string of the molecule is Cn1c(C(=O)NC2(C)CS(=O)C2)nc2ccc(Oc3ncc(Cl)cc3OCC(F)(F)F)cc21. The minimum atomic E-state index is -4.55. The van der Waals surface area contributed by atoms with Gasteiger partial charge >= 0.3 is 6.18 Å². The first-order chi connectivity index (χ1) is 15.4. The Morgan fingerprint density at radius 3 is 2.73 bits per heavy atom. The maximum Gasteiger partial charge on any atom is 0.422 e.